The molecule has 0 N–H and O–H groups in total. The second kappa shape index (κ2) is 7.38. The number of carbonyl (C=O) groups is 1. The largest absolute Gasteiger partial charge is 0.490 e. The molecule has 3 rings (SSSR count). The fourth-order valence-corrected chi connectivity index (χ4v) is 2.86. The highest BCUT2D eigenvalue weighted by atomic mass is 35.5. The molecule has 0 aliphatic carbocycles. The lowest BCUT2D eigenvalue weighted by molar-refractivity contribution is 0.112. The lowest BCUT2D eigenvalue weighted by Gasteiger charge is -2.33. The van der Waals surface area contributed by atoms with Gasteiger partial charge in [0.2, 0.25) is 0 Å². The van der Waals surface area contributed by atoms with Crippen LogP contribution in [-0.4, -0.2) is 25.5 Å². The number of piperidine rings is 1. The van der Waals surface area contributed by atoms with Crippen molar-refractivity contribution in [1.82, 2.24) is 0 Å². The van der Waals surface area contributed by atoms with Crippen LogP contribution in [0.25, 0.3) is 0 Å². The molecule has 1 fully saturated rings. The summed E-state index contributed by atoms with van der Waals surface area (Å²) in [5, 5.41) is 0. The van der Waals surface area contributed by atoms with E-state index in [0.717, 1.165) is 43.7 Å². The Balaban J connectivity index is 1.53. The molecule has 0 aromatic heterocycles. The number of ether oxygens (including phenoxy) is 1. The van der Waals surface area contributed by atoms with Crippen molar-refractivity contribution in [2.45, 2.75) is 18.9 Å². The number of rotatable bonds is 5. The Bertz CT molecular complexity index is 634. The Labute approximate surface area is 140 Å². The van der Waals surface area contributed by atoms with Crippen molar-refractivity contribution in [2.24, 2.45) is 0 Å². The highest BCUT2D eigenvalue weighted by molar-refractivity contribution is 6.09. The van der Waals surface area contributed by atoms with E-state index in [1.165, 1.54) is 0 Å². The Morgan fingerprint density at radius 2 is 1.57 bits per heavy atom. The van der Waals surface area contributed by atoms with Crippen molar-refractivity contribution in [3.63, 3.8) is 0 Å². The van der Waals surface area contributed by atoms with Crippen LogP contribution in [0.1, 0.15) is 23.2 Å². The summed E-state index contributed by atoms with van der Waals surface area (Å²) in [6, 6.07) is 15.0. The molecule has 0 unspecified atom stereocenters. The van der Waals surface area contributed by atoms with E-state index in [4.69, 9.17) is 16.6 Å². The monoisotopic (exact) mass is 331 g/mol. The van der Waals surface area contributed by atoms with E-state index < -0.39 is 0 Å². The van der Waals surface area contributed by atoms with Gasteiger partial charge in [0.1, 0.15) is 35.8 Å². The molecule has 0 amide bonds. The maximum atomic E-state index is 10.7. The van der Waals surface area contributed by atoms with Crippen LogP contribution in [0.2, 0.25) is 0 Å². The zero-order valence-electron chi connectivity index (χ0n) is 12.7. The standard InChI is InChI=1S/C18H18ClNO3/c19-23-18-7-5-16(6-8-18)22-17-9-11-20(12-10-17)15-3-1-14(13-21)2-4-15/h1-8,13,17H,9-12H2. The maximum absolute atomic E-state index is 10.7. The minimum atomic E-state index is 0.211. The van der Waals surface area contributed by atoms with Gasteiger partial charge in [0, 0.05) is 37.2 Å². The average molecular weight is 332 g/mol. The van der Waals surface area contributed by atoms with Gasteiger partial charge in [0.15, 0.2) is 0 Å². The summed E-state index contributed by atoms with van der Waals surface area (Å²) < 4.78 is 10.6. The van der Waals surface area contributed by atoms with E-state index in [-0.39, 0.29) is 6.10 Å². The Morgan fingerprint density at radius 1 is 0.957 bits per heavy atom. The topological polar surface area (TPSA) is 38.8 Å². The molecule has 5 heteroatoms. The van der Waals surface area contributed by atoms with Gasteiger partial charge in [-0.05, 0) is 48.5 Å². The fourth-order valence-electron chi connectivity index (χ4n) is 2.76. The van der Waals surface area contributed by atoms with Crippen LogP contribution in [-0.2, 0) is 0 Å². The van der Waals surface area contributed by atoms with Crippen LogP contribution in [0.4, 0.5) is 5.69 Å². The van der Waals surface area contributed by atoms with E-state index in [9.17, 15) is 4.79 Å². The highest BCUT2D eigenvalue weighted by Crippen LogP contribution is 2.25. The van der Waals surface area contributed by atoms with Crippen LogP contribution >= 0.6 is 11.9 Å². The van der Waals surface area contributed by atoms with Crippen molar-refractivity contribution in [3.05, 3.63) is 54.1 Å². The SMILES string of the molecule is O=Cc1ccc(N2CCC(Oc3ccc(OCl)cc3)CC2)cc1. The zero-order chi connectivity index (χ0) is 16.1. The van der Waals surface area contributed by atoms with E-state index in [1.807, 2.05) is 36.4 Å². The predicted octanol–water partition coefficient (Wildman–Crippen LogP) is 4.08. The third-order valence-corrected chi connectivity index (χ3v) is 4.23. The van der Waals surface area contributed by atoms with E-state index in [1.54, 1.807) is 12.1 Å². The predicted molar refractivity (Wildman–Crippen MR) is 90.6 cm³/mol. The smallest absolute Gasteiger partial charge is 0.150 e. The molecule has 1 aliphatic rings. The summed E-state index contributed by atoms with van der Waals surface area (Å²) in [5.74, 6) is 1.43. The quantitative estimate of drug-likeness (QED) is 0.774. The lowest BCUT2D eigenvalue weighted by Crippen LogP contribution is -2.38. The van der Waals surface area contributed by atoms with Gasteiger partial charge >= 0.3 is 0 Å². The number of carbonyl (C=O) groups excluding carboxylic acids is 1. The fraction of sp³-hybridized carbons (Fsp3) is 0.278. The van der Waals surface area contributed by atoms with Crippen molar-refractivity contribution in [3.8, 4) is 11.5 Å². The first-order valence-corrected chi connectivity index (χ1v) is 7.95. The summed E-state index contributed by atoms with van der Waals surface area (Å²) in [6.07, 6.45) is 3.00. The average Bonchev–Trinajstić information content (AvgIpc) is 2.63. The molecule has 0 saturated carbocycles. The number of hydrogen-bond donors (Lipinski definition) is 0. The van der Waals surface area contributed by atoms with Crippen molar-refractivity contribution >= 4 is 23.8 Å². The number of halogens is 1. The molecule has 0 radical (unpaired) electrons. The normalized spacial score (nSPS) is 15.3. The van der Waals surface area contributed by atoms with E-state index in [0.29, 0.717) is 11.3 Å². The molecule has 120 valence electrons. The number of nitrogens with zero attached hydrogens (tertiary/aromatic N) is 1. The first kappa shape index (κ1) is 15.7. The van der Waals surface area contributed by atoms with Crippen LogP contribution in [0.15, 0.2) is 48.5 Å². The van der Waals surface area contributed by atoms with Crippen LogP contribution < -0.4 is 13.9 Å². The second-order valence-electron chi connectivity index (χ2n) is 5.56. The maximum Gasteiger partial charge on any atom is 0.150 e. The van der Waals surface area contributed by atoms with Gasteiger partial charge in [0.05, 0.1) is 0 Å². The van der Waals surface area contributed by atoms with E-state index >= 15 is 0 Å². The number of benzene rings is 2. The first-order valence-electron chi connectivity index (χ1n) is 7.64. The summed E-state index contributed by atoms with van der Waals surface area (Å²) >= 11 is 5.30. The number of aldehydes is 1. The number of anilines is 1. The van der Waals surface area contributed by atoms with Crippen LogP contribution in [0.5, 0.6) is 11.5 Å². The summed E-state index contributed by atoms with van der Waals surface area (Å²) in [6.45, 7) is 1.88. The van der Waals surface area contributed by atoms with Crippen molar-refractivity contribution < 1.29 is 13.8 Å². The van der Waals surface area contributed by atoms with Gasteiger partial charge in [-0.3, -0.25) is 4.79 Å². The van der Waals surface area contributed by atoms with Gasteiger partial charge in [-0.15, -0.1) is 0 Å². The van der Waals surface area contributed by atoms with Gasteiger partial charge < -0.3 is 13.9 Å². The third kappa shape index (κ3) is 3.96. The summed E-state index contributed by atoms with van der Waals surface area (Å²) in [5.41, 5.74) is 1.86. The molecule has 2 aromatic rings. The molecule has 0 bridgehead atoms. The summed E-state index contributed by atoms with van der Waals surface area (Å²) in [7, 11) is 0. The molecule has 4 nitrogen and oxygen atoms in total. The summed E-state index contributed by atoms with van der Waals surface area (Å²) in [4.78, 5) is 13.0. The van der Waals surface area contributed by atoms with Gasteiger partial charge in [-0.1, -0.05) is 0 Å². The van der Waals surface area contributed by atoms with Crippen molar-refractivity contribution in [2.75, 3.05) is 18.0 Å². The van der Waals surface area contributed by atoms with Crippen LogP contribution in [0.3, 0.4) is 0 Å². The third-order valence-electron chi connectivity index (χ3n) is 4.05. The first-order chi connectivity index (χ1) is 11.3. The minimum Gasteiger partial charge on any atom is -0.490 e. The lowest BCUT2D eigenvalue weighted by atomic mass is 10.1. The minimum absolute atomic E-state index is 0.211. The molecule has 23 heavy (non-hydrogen) atoms. The molecule has 1 saturated heterocycles. The molecule has 0 atom stereocenters. The van der Waals surface area contributed by atoms with E-state index in [2.05, 4.69) is 9.19 Å². The van der Waals surface area contributed by atoms with Crippen molar-refractivity contribution in [1.29, 1.82) is 0 Å². The Morgan fingerprint density at radius 3 is 2.13 bits per heavy atom. The Hall–Kier alpha value is -2.20. The molecule has 0 spiro atoms. The number of hydrogen-bond acceptors (Lipinski definition) is 4. The van der Waals surface area contributed by atoms with Gasteiger partial charge in [0.25, 0.3) is 0 Å². The molecule has 2 aromatic carbocycles. The highest BCUT2D eigenvalue weighted by Gasteiger charge is 2.20. The zero-order valence-corrected chi connectivity index (χ0v) is 13.4. The second-order valence-corrected chi connectivity index (χ2v) is 5.72. The molecular weight excluding hydrogens is 314 g/mol. The van der Waals surface area contributed by atoms with Gasteiger partial charge in [-0.2, -0.15) is 0 Å². The molecular formula is C18H18ClNO3. The Kier molecular flexibility index (Phi) is 5.03. The van der Waals surface area contributed by atoms with Crippen LogP contribution in [0, 0.1) is 0 Å². The molecule has 1 heterocycles. The molecule has 1 aliphatic heterocycles. The van der Waals surface area contributed by atoms with Gasteiger partial charge in [-0.25, -0.2) is 0 Å².